The fraction of sp³-hybridized carbons (Fsp3) is 0.400. The van der Waals surface area contributed by atoms with Gasteiger partial charge in [0, 0.05) is 43.2 Å². The van der Waals surface area contributed by atoms with Gasteiger partial charge in [-0.2, -0.15) is 0 Å². The maximum absolute atomic E-state index is 4.15. The van der Waals surface area contributed by atoms with Gasteiger partial charge in [0.1, 0.15) is 0 Å². The maximum atomic E-state index is 4.15. The van der Waals surface area contributed by atoms with E-state index in [1.807, 2.05) is 7.05 Å². The van der Waals surface area contributed by atoms with Crippen LogP contribution in [0.4, 0.5) is 0 Å². The maximum Gasteiger partial charge on any atom is 0.167 e. The Hall–Kier alpha value is -2.21. The lowest BCUT2D eigenvalue weighted by atomic mass is 10.0. The van der Waals surface area contributed by atoms with Crippen LogP contribution in [0.1, 0.15) is 30.0 Å². The summed E-state index contributed by atoms with van der Waals surface area (Å²) in [5, 5.41) is 13.2. The highest BCUT2D eigenvalue weighted by Gasteiger charge is 2.26. The minimum atomic E-state index is 0.215. The van der Waals surface area contributed by atoms with Gasteiger partial charge in [0.25, 0.3) is 0 Å². The van der Waals surface area contributed by atoms with Gasteiger partial charge in [0.2, 0.25) is 0 Å². The van der Waals surface area contributed by atoms with Gasteiger partial charge in [-0.15, -0.1) is 5.10 Å². The normalized spacial score (nSPS) is 17.0. The van der Waals surface area contributed by atoms with Crippen LogP contribution < -0.4 is 0 Å². The van der Waals surface area contributed by atoms with Gasteiger partial charge in [0.05, 0.1) is 6.04 Å². The van der Waals surface area contributed by atoms with Crippen molar-refractivity contribution in [3.8, 4) is 0 Å². The molecule has 6 nitrogen and oxygen atoms in total. The highest BCUT2D eigenvalue weighted by Crippen LogP contribution is 2.31. The van der Waals surface area contributed by atoms with Crippen LogP contribution in [-0.4, -0.2) is 36.6 Å². The molecular formula is C15H18N6. The molecule has 1 N–H and O–H groups in total. The smallest absolute Gasteiger partial charge is 0.167 e. The Bertz CT molecular complexity index is 786. The average molecular weight is 282 g/mol. The zero-order chi connectivity index (χ0) is 14.4. The summed E-state index contributed by atoms with van der Waals surface area (Å²) < 4.78 is 1.76. The third-order valence-electron chi connectivity index (χ3n) is 4.49. The van der Waals surface area contributed by atoms with Crippen LogP contribution in [0.2, 0.25) is 0 Å². The SMILES string of the molecule is CC(c1nnnn1C)N1CCc2[nH]c3ccccc3c2C1. The van der Waals surface area contributed by atoms with E-state index in [1.165, 1.54) is 22.2 Å². The number of H-pyrrole nitrogens is 1. The number of hydrogen-bond acceptors (Lipinski definition) is 4. The molecule has 0 fully saturated rings. The number of aromatic amines is 1. The third-order valence-corrected chi connectivity index (χ3v) is 4.49. The van der Waals surface area contributed by atoms with Crippen LogP contribution >= 0.6 is 0 Å². The van der Waals surface area contributed by atoms with Gasteiger partial charge in [-0.3, -0.25) is 4.90 Å². The van der Waals surface area contributed by atoms with Crippen LogP contribution in [0.25, 0.3) is 10.9 Å². The summed E-state index contributed by atoms with van der Waals surface area (Å²) in [5.41, 5.74) is 4.02. The fourth-order valence-corrected chi connectivity index (χ4v) is 3.27. The molecule has 0 radical (unpaired) electrons. The Morgan fingerprint density at radius 1 is 1.29 bits per heavy atom. The van der Waals surface area contributed by atoms with Crippen LogP contribution in [-0.2, 0) is 20.0 Å². The van der Waals surface area contributed by atoms with Gasteiger partial charge >= 0.3 is 0 Å². The molecule has 3 aromatic rings. The van der Waals surface area contributed by atoms with Crippen molar-refractivity contribution in [2.45, 2.75) is 25.9 Å². The molecule has 6 heteroatoms. The standard InChI is InChI=1S/C15H18N6/c1-10(15-17-18-19-20(15)2)21-8-7-14-12(9-21)11-5-3-4-6-13(11)16-14/h3-6,10,16H,7-9H2,1-2H3. The summed E-state index contributed by atoms with van der Waals surface area (Å²) in [7, 11) is 1.90. The number of aryl methyl sites for hydroxylation is 1. The zero-order valence-electron chi connectivity index (χ0n) is 12.2. The van der Waals surface area contributed by atoms with E-state index in [-0.39, 0.29) is 6.04 Å². The van der Waals surface area contributed by atoms with Crippen molar-refractivity contribution in [1.82, 2.24) is 30.1 Å². The molecule has 1 aromatic carbocycles. The Morgan fingerprint density at radius 3 is 2.95 bits per heavy atom. The van der Waals surface area contributed by atoms with Gasteiger partial charge in [-0.1, -0.05) is 18.2 Å². The Kier molecular flexibility index (Phi) is 2.78. The molecule has 1 atom stereocenters. The van der Waals surface area contributed by atoms with Crippen LogP contribution in [0.5, 0.6) is 0 Å². The topological polar surface area (TPSA) is 62.6 Å². The first-order valence-corrected chi connectivity index (χ1v) is 7.29. The molecule has 0 amide bonds. The zero-order valence-corrected chi connectivity index (χ0v) is 12.2. The first-order valence-electron chi connectivity index (χ1n) is 7.29. The van der Waals surface area contributed by atoms with E-state index in [0.717, 1.165) is 25.3 Å². The van der Waals surface area contributed by atoms with E-state index in [4.69, 9.17) is 0 Å². The number of aromatic nitrogens is 5. The van der Waals surface area contributed by atoms with Crippen molar-refractivity contribution < 1.29 is 0 Å². The summed E-state index contributed by atoms with van der Waals surface area (Å²) in [4.78, 5) is 5.99. The quantitative estimate of drug-likeness (QED) is 0.778. The summed E-state index contributed by atoms with van der Waals surface area (Å²) in [5.74, 6) is 0.915. The first kappa shape index (κ1) is 12.5. The molecule has 1 aliphatic rings. The lowest BCUT2D eigenvalue weighted by Gasteiger charge is -2.31. The number of benzene rings is 1. The number of rotatable bonds is 2. The second-order valence-corrected chi connectivity index (χ2v) is 5.68. The van der Waals surface area contributed by atoms with Crippen LogP contribution in [0, 0.1) is 0 Å². The predicted molar refractivity (Wildman–Crippen MR) is 79.6 cm³/mol. The highest BCUT2D eigenvalue weighted by molar-refractivity contribution is 5.84. The van der Waals surface area contributed by atoms with Crippen molar-refractivity contribution in [3.63, 3.8) is 0 Å². The second kappa shape index (κ2) is 4.66. The van der Waals surface area contributed by atoms with E-state index in [0.29, 0.717) is 0 Å². The van der Waals surface area contributed by atoms with E-state index >= 15 is 0 Å². The number of hydrogen-bond donors (Lipinski definition) is 1. The van der Waals surface area contributed by atoms with Crippen molar-refractivity contribution >= 4 is 10.9 Å². The molecule has 0 saturated carbocycles. The molecule has 0 spiro atoms. The third kappa shape index (κ3) is 1.94. The monoisotopic (exact) mass is 282 g/mol. The molecule has 3 heterocycles. The molecule has 4 rings (SSSR count). The summed E-state index contributed by atoms with van der Waals surface area (Å²) in [6.45, 7) is 4.13. The van der Waals surface area contributed by atoms with Crippen molar-refractivity contribution in [2.75, 3.05) is 6.54 Å². The number of nitrogens with zero attached hydrogens (tertiary/aromatic N) is 5. The van der Waals surface area contributed by atoms with Crippen molar-refractivity contribution in [3.05, 3.63) is 41.3 Å². The van der Waals surface area contributed by atoms with E-state index in [2.05, 4.69) is 56.6 Å². The molecule has 1 aliphatic heterocycles. The molecule has 0 bridgehead atoms. The number of tetrazole rings is 1. The van der Waals surface area contributed by atoms with Gasteiger partial charge in [-0.25, -0.2) is 4.68 Å². The molecule has 1 unspecified atom stereocenters. The minimum absolute atomic E-state index is 0.215. The highest BCUT2D eigenvalue weighted by atomic mass is 15.5. The Labute approximate surface area is 122 Å². The number of para-hydroxylation sites is 1. The fourth-order valence-electron chi connectivity index (χ4n) is 3.27. The second-order valence-electron chi connectivity index (χ2n) is 5.68. The Morgan fingerprint density at radius 2 is 2.14 bits per heavy atom. The van der Waals surface area contributed by atoms with Gasteiger partial charge < -0.3 is 4.98 Å². The van der Waals surface area contributed by atoms with Crippen molar-refractivity contribution in [2.24, 2.45) is 7.05 Å². The first-order chi connectivity index (χ1) is 10.2. The van der Waals surface area contributed by atoms with Gasteiger partial charge in [-0.05, 0) is 29.0 Å². The van der Waals surface area contributed by atoms with Crippen LogP contribution in [0.3, 0.4) is 0 Å². The lowest BCUT2D eigenvalue weighted by Crippen LogP contribution is -2.33. The van der Waals surface area contributed by atoms with E-state index in [1.54, 1.807) is 4.68 Å². The lowest BCUT2D eigenvalue weighted by molar-refractivity contribution is 0.181. The average Bonchev–Trinajstić information content (AvgIpc) is 3.09. The van der Waals surface area contributed by atoms with E-state index in [9.17, 15) is 0 Å². The molecule has 21 heavy (non-hydrogen) atoms. The van der Waals surface area contributed by atoms with E-state index < -0.39 is 0 Å². The minimum Gasteiger partial charge on any atom is -0.358 e. The van der Waals surface area contributed by atoms with Gasteiger partial charge in [0.15, 0.2) is 5.82 Å². The molecule has 2 aromatic heterocycles. The van der Waals surface area contributed by atoms with Crippen molar-refractivity contribution in [1.29, 1.82) is 0 Å². The number of nitrogens with one attached hydrogen (secondary N) is 1. The molecular weight excluding hydrogens is 264 g/mol. The molecule has 108 valence electrons. The van der Waals surface area contributed by atoms with Crippen LogP contribution in [0.15, 0.2) is 24.3 Å². The summed E-state index contributed by atoms with van der Waals surface area (Å²) in [6.07, 6.45) is 1.04. The Balaban J connectivity index is 1.68. The predicted octanol–water partition coefficient (Wildman–Crippen LogP) is 1.81. The number of fused-ring (bicyclic) bond motifs is 3. The molecule has 0 aliphatic carbocycles. The summed E-state index contributed by atoms with van der Waals surface area (Å²) in [6, 6.07) is 8.74. The summed E-state index contributed by atoms with van der Waals surface area (Å²) >= 11 is 0. The molecule has 0 saturated heterocycles. The largest absolute Gasteiger partial charge is 0.358 e.